The van der Waals surface area contributed by atoms with Crippen LogP contribution in [-0.2, 0) is 0 Å². The molecule has 0 saturated heterocycles. The molecule has 1 aromatic carbocycles. The second-order valence-electron chi connectivity index (χ2n) is 6.50. The predicted molar refractivity (Wildman–Crippen MR) is 87.8 cm³/mol. The number of nitrogens with one attached hydrogen (secondary N) is 1. The maximum Gasteiger partial charge on any atom is 0.254 e. The van der Waals surface area contributed by atoms with Crippen molar-refractivity contribution in [2.75, 3.05) is 31.6 Å². The van der Waals surface area contributed by atoms with Gasteiger partial charge >= 0.3 is 0 Å². The van der Waals surface area contributed by atoms with Gasteiger partial charge in [0.15, 0.2) is 0 Å². The van der Waals surface area contributed by atoms with Crippen LogP contribution in [0.15, 0.2) is 18.2 Å². The van der Waals surface area contributed by atoms with E-state index in [1.54, 1.807) is 4.90 Å². The molecule has 0 aliphatic heterocycles. The van der Waals surface area contributed by atoms with Gasteiger partial charge in [-0.25, -0.2) is 0 Å². The lowest BCUT2D eigenvalue weighted by atomic mass is 9.96. The summed E-state index contributed by atoms with van der Waals surface area (Å²) in [6.45, 7) is 12.2. The Morgan fingerprint density at radius 2 is 2.00 bits per heavy atom. The van der Waals surface area contributed by atoms with Gasteiger partial charge in [-0.2, -0.15) is 0 Å². The molecule has 0 bridgehead atoms. The van der Waals surface area contributed by atoms with Crippen LogP contribution in [0.2, 0.25) is 0 Å². The van der Waals surface area contributed by atoms with Crippen LogP contribution in [0.4, 0.5) is 5.69 Å². The van der Waals surface area contributed by atoms with E-state index in [9.17, 15) is 4.79 Å². The van der Waals surface area contributed by atoms with Crippen LogP contribution in [0.3, 0.4) is 0 Å². The van der Waals surface area contributed by atoms with Crippen LogP contribution in [0, 0.1) is 12.3 Å². The molecule has 1 amide bonds. The average Bonchev–Trinajstić information content (AvgIpc) is 2.42. The van der Waals surface area contributed by atoms with Crippen LogP contribution in [-0.4, -0.2) is 42.2 Å². The molecule has 1 rings (SSSR count). The summed E-state index contributed by atoms with van der Waals surface area (Å²) in [5, 5.41) is 12.5. The molecule has 0 spiro atoms. The van der Waals surface area contributed by atoms with Gasteiger partial charge < -0.3 is 15.3 Å². The monoisotopic (exact) mass is 292 g/mol. The van der Waals surface area contributed by atoms with E-state index in [1.165, 1.54) is 0 Å². The van der Waals surface area contributed by atoms with Crippen molar-refractivity contribution in [3.8, 4) is 0 Å². The van der Waals surface area contributed by atoms with E-state index in [4.69, 9.17) is 5.11 Å². The van der Waals surface area contributed by atoms with Crippen molar-refractivity contribution in [3.63, 3.8) is 0 Å². The van der Waals surface area contributed by atoms with Crippen molar-refractivity contribution >= 4 is 11.6 Å². The standard InChI is InChI=1S/C17H28N2O2/c1-6-19(10-11-20)16(21)14-8-7-9-15(13(14)2)18-12-17(3,4)5/h7-9,18,20H,6,10-12H2,1-5H3. The number of anilines is 1. The highest BCUT2D eigenvalue weighted by molar-refractivity contribution is 5.97. The molecule has 21 heavy (non-hydrogen) atoms. The molecule has 4 nitrogen and oxygen atoms in total. The fraction of sp³-hybridized carbons (Fsp3) is 0.588. The van der Waals surface area contributed by atoms with Gasteiger partial charge in [0.1, 0.15) is 0 Å². The number of carbonyl (C=O) groups excluding carboxylic acids is 1. The van der Waals surface area contributed by atoms with E-state index in [1.807, 2.05) is 32.0 Å². The lowest BCUT2D eigenvalue weighted by Gasteiger charge is -2.23. The van der Waals surface area contributed by atoms with E-state index in [-0.39, 0.29) is 17.9 Å². The highest BCUT2D eigenvalue weighted by Crippen LogP contribution is 2.22. The molecule has 0 fully saturated rings. The normalized spacial score (nSPS) is 11.3. The molecule has 2 N–H and O–H groups in total. The van der Waals surface area contributed by atoms with E-state index in [2.05, 4.69) is 26.1 Å². The summed E-state index contributed by atoms with van der Waals surface area (Å²) in [6.07, 6.45) is 0. The molecule has 0 unspecified atom stereocenters. The molecule has 0 aliphatic carbocycles. The molecule has 118 valence electrons. The Kier molecular flexibility index (Phi) is 6.21. The van der Waals surface area contributed by atoms with Gasteiger partial charge in [-0.1, -0.05) is 26.8 Å². The highest BCUT2D eigenvalue weighted by atomic mass is 16.3. The Morgan fingerprint density at radius 1 is 1.33 bits per heavy atom. The third-order valence-corrected chi connectivity index (χ3v) is 3.41. The minimum atomic E-state index is -0.0246. The van der Waals surface area contributed by atoms with Gasteiger partial charge in [-0.05, 0) is 37.0 Å². The van der Waals surface area contributed by atoms with Crippen molar-refractivity contribution < 1.29 is 9.90 Å². The lowest BCUT2D eigenvalue weighted by Crippen LogP contribution is -2.33. The number of carbonyl (C=O) groups is 1. The first-order valence-electron chi connectivity index (χ1n) is 7.53. The SMILES string of the molecule is CCN(CCO)C(=O)c1cccc(NCC(C)(C)C)c1C. The fourth-order valence-corrected chi connectivity index (χ4v) is 2.11. The maximum atomic E-state index is 12.5. The van der Waals surface area contributed by atoms with Crippen LogP contribution in [0.1, 0.15) is 43.6 Å². The van der Waals surface area contributed by atoms with Crippen molar-refractivity contribution in [3.05, 3.63) is 29.3 Å². The molecule has 0 atom stereocenters. The minimum absolute atomic E-state index is 0.0133. The third kappa shape index (κ3) is 5.05. The molecular formula is C17H28N2O2. The number of aliphatic hydroxyl groups is 1. The summed E-state index contributed by atoms with van der Waals surface area (Å²) >= 11 is 0. The Balaban J connectivity index is 2.96. The summed E-state index contributed by atoms with van der Waals surface area (Å²) in [4.78, 5) is 14.2. The van der Waals surface area contributed by atoms with Crippen molar-refractivity contribution in [1.29, 1.82) is 0 Å². The van der Waals surface area contributed by atoms with E-state index in [0.717, 1.165) is 17.8 Å². The quantitative estimate of drug-likeness (QED) is 0.847. The first-order chi connectivity index (χ1) is 9.80. The smallest absolute Gasteiger partial charge is 0.254 e. The highest BCUT2D eigenvalue weighted by Gasteiger charge is 2.18. The number of hydrogen-bond donors (Lipinski definition) is 2. The van der Waals surface area contributed by atoms with Gasteiger partial charge in [0.25, 0.3) is 5.91 Å². The predicted octanol–water partition coefficient (Wildman–Crippen LogP) is 2.91. The first kappa shape index (κ1) is 17.5. The van der Waals surface area contributed by atoms with Crippen molar-refractivity contribution in [1.82, 2.24) is 4.90 Å². The van der Waals surface area contributed by atoms with E-state index in [0.29, 0.717) is 18.7 Å². The fourth-order valence-electron chi connectivity index (χ4n) is 2.11. The summed E-state index contributed by atoms with van der Waals surface area (Å²) in [6, 6.07) is 5.75. The number of nitrogens with zero attached hydrogens (tertiary/aromatic N) is 1. The Morgan fingerprint density at radius 3 is 2.52 bits per heavy atom. The molecule has 0 aromatic heterocycles. The Bertz CT molecular complexity index is 478. The van der Waals surface area contributed by atoms with Gasteiger partial charge in [-0.3, -0.25) is 4.79 Å². The summed E-state index contributed by atoms with van der Waals surface area (Å²) in [5.74, 6) is -0.0246. The Hall–Kier alpha value is -1.55. The molecule has 0 saturated carbocycles. The second-order valence-corrected chi connectivity index (χ2v) is 6.50. The van der Waals surface area contributed by atoms with Crippen LogP contribution in [0.5, 0.6) is 0 Å². The lowest BCUT2D eigenvalue weighted by molar-refractivity contribution is 0.0731. The zero-order chi connectivity index (χ0) is 16.0. The third-order valence-electron chi connectivity index (χ3n) is 3.41. The zero-order valence-corrected chi connectivity index (χ0v) is 13.9. The molecule has 0 heterocycles. The first-order valence-corrected chi connectivity index (χ1v) is 7.53. The van der Waals surface area contributed by atoms with Crippen LogP contribution < -0.4 is 5.32 Å². The van der Waals surface area contributed by atoms with Crippen LogP contribution in [0.25, 0.3) is 0 Å². The topological polar surface area (TPSA) is 52.6 Å². The molecule has 0 aliphatic rings. The molecule has 0 radical (unpaired) electrons. The molecule has 4 heteroatoms. The average molecular weight is 292 g/mol. The largest absolute Gasteiger partial charge is 0.395 e. The zero-order valence-electron chi connectivity index (χ0n) is 13.9. The number of aliphatic hydroxyl groups excluding tert-OH is 1. The summed E-state index contributed by atoms with van der Waals surface area (Å²) < 4.78 is 0. The van der Waals surface area contributed by atoms with Gasteiger partial charge in [-0.15, -0.1) is 0 Å². The number of hydrogen-bond acceptors (Lipinski definition) is 3. The van der Waals surface area contributed by atoms with Gasteiger partial charge in [0.2, 0.25) is 0 Å². The number of amides is 1. The number of rotatable bonds is 6. The van der Waals surface area contributed by atoms with E-state index >= 15 is 0 Å². The minimum Gasteiger partial charge on any atom is -0.395 e. The summed E-state index contributed by atoms with van der Waals surface area (Å²) in [5.41, 5.74) is 2.84. The number of benzene rings is 1. The Labute approximate surface area is 128 Å². The number of likely N-dealkylation sites (N-methyl/N-ethyl adjacent to an activating group) is 1. The maximum absolute atomic E-state index is 12.5. The van der Waals surface area contributed by atoms with Gasteiger partial charge in [0, 0.05) is 30.9 Å². The van der Waals surface area contributed by atoms with Crippen LogP contribution >= 0.6 is 0 Å². The molecule has 1 aromatic rings. The van der Waals surface area contributed by atoms with Crippen molar-refractivity contribution in [2.45, 2.75) is 34.6 Å². The molecular weight excluding hydrogens is 264 g/mol. The van der Waals surface area contributed by atoms with Crippen molar-refractivity contribution in [2.24, 2.45) is 5.41 Å². The second kappa shape index (κ2) is 7.46. The summed E-state index contributed by atoms with van der Waals surface area (Å²) in [7, 11) is 0. The van der Waals surface area contributed by atoms with E-state index < -0.39 is 0 Å². The van der Waals surface area contributed by atoms with Gasteiger partial charge in [0.05, 0.1) is 6.61 Å².